The molecule has 0 spiro atoms. The Labute approximate surface area is 111 Å². The number of carboxylic acid groups (broad SMARTS) is 1. The van der Waals surface area contributed by atoms with Crippen LogP contribution in [0.3, 0.4) is 0 Å². The Morgan fingerprint density at radius 3 is 2.53 bits per heavy atom. The van der Waals surface area contributed by atoms with Crippen molar-refractivity contribution in [3.05, 3.63) is 28.8 Å². The van der Waals surface area contributed by atoms with Crippen molar-refractivity contribution in [2.75, 3.05) is 31.1 Å². The number of benzene rings is 1. The van der Waals surface area contributed by atoms with E-state index in [1.807, 2.05) is 0 Å². The van der Waals surface area contributed by atoms with E-state index in [2.05, 4.69) is 10.2 Å². The molecule has 0 aliphatic carbocycles. The SMILES string of the molecule is Cl.O=C(O)c1ccc(N2CCNCC2)cc1Cl. The molecule has 6 heteroatoms. The predicted molar refractivity (Wildman–Crippen MR) is 70.7 cm³/mol. The van der Waals surface area contributed by atoms with Crippen LogP contribution in [0.15, 0.2) is 18.2 Å². The molecule has 17 heavy (non-hydrogen) atoms. The van der Waals surface area contributed by atoms with Gasteiger partial charge in [-0.1, -0.05) is 11.6 Å². The summed E-state index contributed by atoms with van der Waals surface area (Å²) in [6.45, 7) is 3.72. The van der Waals surface area contributed by atoms with Crippen molar-refractivity contribution >= 4 is 35.7 Å². The van der Waals surface area contributed by atoms with Crippen LogP contribution in [-0.2, 0) is 0 Å². The van der Waals surface area contributed by atoms with E-state index >= 15 is 0 Å². The molecule has 1 aromatic rings. The van der Waals surface area contributed by atoms with Gasteiger partial charge in [0.2, 0.25) is 0 Å². The maximum atomic E-state index is 10.8. The first-order valence-corrected chi connectivity index (χ1v) is 5.55. The molecule has 2 rings (SSSR count). The number of hydrogen-bond donors (Lipinski definition) is 2. The highest BCUT2D eigenvalue weighted by Crippen LogP contribution is 2.24. The first kappa shape index (κ1) is 14.1. The van der Waals surface area contributed by atoms with Gasteiger partial charge >= 0.3 is 5.97 Å². The van der Waals surface area contributed by atoms with Gasteiger partial charge in [-0.25, -0.2) is 4.79 Å². The van der Waals surface area contributed by atoms with Gasteiger partial charge in [-0.15, -0.1) is 12.4 Å². The Bertz CT molecular complexity index is 406. The lowest BCUT2D eigenvalue weighted by Crippen LogP contribution is -2.43. The zero-order chi connectivity index (χ0) is 11.5. The van der Waals surface area contributed by atoms with Gasteiger partial charge in [-0.3, -0.25) is 0 Å². The van der Waals surface area contributed by atoms with Gasteiger partial charge in [-0.2, -0.15) is 0 Å². The fraction of sp³-hybridized carbons (Fsp3) is 0.364. The van der Waals surface area contributed by atoms with Crippen LogP contribution in [0, 0.1) is 0 Å². The molecular formula is C11H14Cl2N2O2. The van der Waals surface area contributed by atoms with E-state index in [-0.39, 0.29) is 18.0 Å². The van der Waals surface area contributed by atoms with Crippen molar-refractivity contribution in [3.8, 4) is 0 Å². The molecule has 0 amide bonds. The third kappa shape index (κ3) is 3.25. The standard InChI is InChI=1S/C11H13ClN2O2.ClH/c12-10-7-8(1-2-9(10)11(15)16)14-5-3-13-4-6-14;/h1-2,7,13H,3-6H2,(H,15,16);1H. The highest BCUT2D eigenvalue weighted by Gasteiger charge is 2.14. The predicted octanol–water partition coefficient (Wildman–Crippen LogP) is 1.87. The minimum atomic E-state index is -0.989. The number of anilines is 1. The Kier molecular flexibility index (Phi) is 5.05. The molecule has 0 radical (unpaired) electrons. The van der Waals surface area contributed by atoms with Crippen LogP contribution in [0.25, 0.3) is 0 Å². The minimum absolute atomic E-state index is 0. The van der Waals surface area contributed by atoms with Crippen LogP contribution in [0.4, 0.5) is 5.69 Å². The summed E-state index contributed by atoms with van der Waals surface area (Å²) in [6, 6.07) is 5.08. The molecule has 0 aromatic heterocycles. The van der Waals surface area contributed by atoms with Crippen molar-refractivity contribution in [3.63, 3.8) is 0 Å². The smallest absolute Gasteiger partial charge is 0.337 e. The number of nitrogens with one attached hydrogen (secondary N) is 1. The molecule has 0 unspecified atom stereocenters. The van der Waals surface area contributed by atoms with E-state index in [0.717, 1.165) is 31.9 Å². The van der Waals surface area contributed by atoms with E-state index in [1.54, 1.807) is 18.2 Å². The van der Waals surface area contributed by atoms with Crippen molar-refractivity contribution < 1.29 is 9.90 Å². The summed E-state index contributed by atoms with van der Waals surface area (Å²) in [4.78, 5) is 13.0. The van der Waals surface area contributed by atoms with Crippen LogP contribution in [0.2, 0.25) is 5.02 Å². The minimum Gasteiger partial charge on any atom is -0.478 e. The molecule has 1 saturated heterocycles. The van der Waals surface area contributed by atoms with Crippen LogP contribution in [0.5, 0.6) is 0 Å². The molecule has 1 aromatic carbocycles. The van der Waals surface area contributed by atoms with Crippen LogP contribution in [-0.4, -0.2) is 37.3 Å². The largest absolute Gasteiger partial charge is 0.478 e. The van der Waals surface area contributed by atoms with Gasteiger partial charge in [0.05, 0.1) is 10.6 Å². The molecule has 4 nitrogen and oxygen atoms in total. The summed E-state index contributed by atoms with van der Waals surface area (Å²) in [5.74, 6) is -0.989. The van der Waals surface area contributed by atoms with Gasteiger partial charge in [0.1, 0.15) is 0 Å². The van der Waals surface area contributed by atoms with Crippen molar-refractivity contribution in [2.24, 2.45) is 0 Å². The monoisotopic (exact) mass is 276 g/mol. The summed E-state index contributed by atoms with van der Waals surface area (Å²) in [5.41, 5.74) is 1.14. The lowest BCUT2D eigenvalue weighted by atomic mass is 10.2. The summed E-state index contributed by atoms with van der Waals surface area (Å²) in [6.07, 6.45) is 0. The zero-order valence-corrected chi connectivity index (χ0v) is 10.7. The van der Waals surface area contributed by atoms with E-state index in [4.69, 9.17) is 16.7 Å². The Morgan fingerprint density at radius 1 is 1.35 bits per heavy atom. The zero-order valence-electron chi connectivity index (χ0n) is 9.15. The number of hydrogen-bond acceptors (Lipinski definition) is 3. The quantitative estimate of drug-likeness (QED) is 0.866. The van der Waals surface area contributed by atoms with Gasteiger partial charge in [0.25, 0.3) is 0 Å². The van der Waals surface area contributed by atoms with E-state index in [1.165, 1.54) is 0 Å². The number of piperazine rings is 1. The molecule has 1 aliphatic heterocycles. The number of halogens is 2. The maximum Gasteiger partial charge on any atom is 0.337 e. The molecule has 0 atom stereocenters. The number of aromatic carboxylic acids is 1. The molecule has 94 valence electrons. The number of nitrogens with zero attached hydrogens (tertiary/aromatic N) is 1. The number of rotatable bonds is 2. The average Bonchev–Trinajstić information content (AvgIpc) is 2.29. The van der Waals surface area contributed by atoms with Gasteiger partial charge in [0, 0.05) is 31.9 Å². The van der Waals surface area contributed by atoms with Gasteiger partial charge in [-0.05, 0) is 18.2 Å². The topological polar surface area (TPSA) is 52.6 Å². The Morgan fingerprint density at radius 2 is 2.00 bits per heavy atom. The van der Waals surface area contributed by atoms with Crippen LogP contribution in [0.1, 0.15) is 10.4 Å². The van der Waals surface area contributed by atoms with Crippen LogP contribution < -0.4 is 10.2 Å². The van der Waals surface area contributed by atoms with Crippen molar-refractivity contribution in [2.45, 2.75) is 0 Å². The van der Waals surface area contributed by atoms with Crippen molar-refractivity contribution in [1.82, 2.24) is 5.32 Å². The second-order valence-electron chi connectivity index (χ2n) is 3.71. The summed E-state index contributed by atoms with van der Waals surface area (Å²) in [5, 5.41) is 12.4. The highest BCUT2D eigenvalue weighted by atomic mass is 35.5. The lowest BCUT2D eigenvalue weighted by molar-refractivity contribution is 0.0697. The van der Waals surface area contributed by atoms with Gasteiger partial charge < -0.3 is 15.3 Å². The van der Waals surface area contributed by atoms with Gasteiger partial charge in [0.15, 0.2) is 0 Å². The molecule has 1 heterocycles. The normalized spacial score (nSPS) is 15.2. The molecule has 2 N–H and O–H groups in total. The summed E-state index contributed by atoms with van der Waals surface area (Å²) >= 11 is 5.92. The first-order chi connectivity index (χ1) is 7.68. The summed E-state index contributed by atoms with van der Waals surface area (Å²) < 4.78 is 0. The first-order valence-electron chi connectivity index (χ1n) is 5.17. The second-order valence-corrected chi connectivity index (χ2v) is 4.11. The molecule has 1 aliphatic rings. The fourth-order valence-corrected chi connectivity index (χ4v) is 2.05. The molecule has 1 fully saturated rings. The van der Waals surface area contributed by atoms with Crippen LogP contribution >= 0.6 is 24.0 Å². The summed E-state index contributed by atoms with van der Waals surface area (Å²) in [7, 11) is 0. The number of carboxylic acids is 1. The van der Waals surface area contributed by atoms with E-state index in [9.17, 15) is 4.79 Å². The van der Waals surface area contributed by atoms with E-state index < -0.39 is 5.97 Å². The lowest BCUT2D eigenvalue weighted by Gasteiger charge is -2.29. The molecular weight excluding hydrogens is 263 g/mol. The Hall–Kier alpha value is -0.970. The highest BCUT2D eigenvalue weighted by molar-refractivity contribution is 6.33. The van der Waals surface area contributed by atoms with E-state index in [0.29, 0.717) is 5.02 Å². The molecule has 0 bridgehead atoms. The third-order valence-electron chi connectivity index (χ3n) is 2.67. The number of carbonyl (C=O) groups is 1. The average molecular weight is 277 g/mol. The third-order valence-corrected chi connectivity index (χ3v) is 2.98. The Balaban J connectivity index is 0.00000144. The maximum absolute atomic E-state index is 10.8. The second kappa shape index (κ2) is 6.10. The molecule has 0 saturated carbocycles. The van der Waals surface area contributed by atoms with Crippen molar-refractivity contribution in [1.29, 1.82) is 0 Å². The fourth-order valence-electron chi connectivity index (χ4n) is 1.80.